The Morgan fingerprint density at radius 2 is 1.50 bits per heavy atom. The number of rotatable bonds is 3. The minimum atomic E-state index is -4.30. The van der Waals surface area contributed by atoms with Crippen LogP contribution < -0.4 is 9.80 Å². The predicted molar refractivity (Wildman–Crippen MR) is 98.6 cm³/mol. The Hall–Kier alpha value is -2.84. The summed E-state index contributed by atoms with van der Waals surface area (Å²) >= 11 is 0. The van der Waals surface area contributed by atoms with Crippen LogP contribution in [0.2, 0.25) is 0 Å². The molecule has 3 heterocycles. The van der Waals surface area contributed by atoms with Gasteiger partial charge in [-0.15, -0.1) is 15.3 Å². The van der Waals surface area contributed by atoms with Crippen molar-refractivity contribution in [2.24, 2.45) is 0 Å². The molecule has 9 heteroatoms. The minimum Gasteiger partial charge on any atom is -0.368 e. The van der Waals surface area contributed by atoms with Crippen molar-refractivity contribution < 1.29 is 13.2 Å². The molecular weight excluding hydrogens is 369 g/mol. The number of alkyl halides is 3. The van der Waals surface area contributed by atoms with Gasteiger partial charge in [0.1, 0.15) is 5.82 Å². The van der Waals surface area contributed by atoms with Crippen LogP contribution in [0.25, 0.3) is 5.65 Å². The summed E-state index contributed by atoms with van der Waals surface area (Å²) in [6.07, 6.45) is -2.03. The number of nitrogens with zero attached hydrogens (tertiary/aromatic N) is 6. The number of benzene rings is 1. The highest BCUT2D eigenvalue weighted by molar-refractivity contribution is 5.51. The molecule has 0 radical (unpaired) electrons. The van der Waals surface area contributed by atoms with E-state index in [4.69, 9.17) is 5.10 Å². The lowest BCUT2D eigenvalue weighted by atomic mass is 10.1. The minimum absolute atomic E-state index is 0.467. The standard InChI is InChI=1S/C19H19F3N6/c20-19(21,22)14-3-5-15(6-4-14)26-9-11-27(12-10-26)17-8-7-16-23-24-18(13-1-2-13)28(16)25-17/h3-8,13H,1-2,9-12H2. The van der Waals surface area contributed by atoms with Gasteiger partial charge >= 0.3 is 6.18 Å². The fraction of sp³-hybridized carbons (Fsp3) is 0.421. The molecule has 1 aromatic carbocycles. The fourth-order valence-corrected chi connectivity index (χ4v) is 3.62. The number of piperazine rings is 1. The van der Waals surface area contributed by atoms with Crippen LogP contribution in [0, 0.1) is 0 Å². The molecule has 5 rings (SSSR count). The van der Waals surface area contributed by atoms with Gasteiger partial charge in [0.2, 0.25) is 0 Å². The molecule has 1 saturated carbocycles. The van der Waals surface area contributed by atoms with Gasteiger partial charge in [-0.05, 0) is 49.2 Å². The molecule has 146 valence electrons. The van der Waals surface area contributed by atoms with Crippen LogP contribution in [0.15, 0.2) is 36.4 Å². The largest absolute Gasteiger partial charge is 0.416 e. The summed E-state index contributed by atoms with van der Waals surface area (Å²) in [4.78, 5) is 4.29. The molecule has 0 atom stereocenters. The van der Waals surface area contributed by atoms with Crippen LogP contribution in [0.1, 0.15) is 30.1 Å². The van der Waals surface area contributed by atoms with Gasteiger partial charge in [0.25, 0.3) is 0 Å². The Balaban J connectivity index is 1.29. The fourth-order valence-electron chi connectivity index (χ4n) is 3.62. The molecular formula is C19H19F3N6. The van der Waals surface area contributed by atoms with E-state index < -0.39 is 11.7 Å². The van der Waals surface area contributed by atoms with E-state index in [1.54, 1.807) is 12.1 Å². The van der Waals surface area contributed by atoms with Crippen molar-refractivity contribution in [3.8, 4) is 0 Å². The molecule has 1 aliphatic heterocycles. The quantitative estimate of drug-likeness (QED) is 0.689. The van der Waals surface area contributed by atoms with E-state index in [0.717, 1.165) is 74.1 Å². The number of anilines is 2. The van der Waals surface area contributed by atoms with Crippen LogP contribution >= 0.6 is 0 Å². The van der Waals surface area contributed by atoms with E-state index >= 15 is 0 Å². The van der Waals surface area contributed by atoms with E-state index in [-0.39, 0.29) is 0 Å². The Kier molecular flexibility index (Phi) is 3.92. The first-order valence-electron chi connectivity index (χ1n) is 9.38. The summed E-state index contributed by atoms with van der Waals surface area (Å²) in [7, 11) is 0. The maximum atomic E-state index is 12.7. The molecule has 2 aromatic heterocycles. The molecule has 0 bridgehead atoms. The summed E-state index contributed by atoms with van der Waals surface area (Å²) in [5.41, 5.74) is 0.952. The summed E-state index contributed by atoms with van der Waals surface area (Å²) in [6, 6.07) is 9.26. The second-order valence-corrected chi connectivity index (χ2v) is 7.31. The molecule has 0 unspecified atom stereocenters. The van der Waals surface area contributed by atoms with Crippen LogP contribution in [0.4, 0.5) is 24.7 Å². The van der Waals surface area contributed by atoms with Gasteiger partial charge in [-0.1, -0.05) is 0 Å². The first-order chi connectivity index (χ1) is 13.5. The number of hydrogen-bond donors (Lipinski definition) is 0. The van der Waals surface area contributed by atoms with E-state index in [1.807, 2.05) is 16.6 Å². The molecule has 0 amide bonds. The molecule has 2 fully saturated rings. The van der Waals surface area contributed by atoms with E-state index in [1.165, 1.54) is 0 Å². The highest BCUT2D eigenvalue weighted by Gasteiger charge is 2.31. The van der Waals surface area contributed by atoms with Crippen LogP contribution in [-0.4, -0.2) is 46.0 Å². The Morgan fingerprint density at radius 1 is 0.821 bits per heavy atom. The van der Waals surface area contributed by atoms with Crippen molar-refractivity contribution in [2.45, 2.75) is 24.9 Å². The van der Waals surface area contributed by atoms with Gasteiger partial charge < -0.3 is 9.80 Å². The summed E-state index contributed by atoms with van der Waals surface area (Å²) < 4.78 is 40.0. The first-order valence-corrected chi connectivity index (χ1v) is 9.38. The molecule has 6 nitrogen and oxygen atoms in total. The van der Waals surface area contributed by atoms with Gasteiger partial charge in [-0.3, -0.25) is 0 Å². The highest BCUT2D eigenvalue weighted by Crippen LogP contribution is 2.38. The van der Waals surface area contributed by atoms with Gasteiger partial charge in [0.15, 0.2) is 11.5 Å². The lowest BCUT2D eigenvalue weighted by molar-refractivity contribution is -0.137. The summed E-state index contributed by atoms with van der Waals surface area (Å²) in [5, 5.41) is 13.2. The van der Waals surface area contributed by atoms with E-state index in [9.17, 15) is 13.2 Å². The average molecular weight is 388 g/mol. The second-order valence-electron chi connectivity index (χ2n) is 7.31. The second kappa shape index (κ2) is 6.35. The third-order valence-electron chi connectivity index (χ3n) is 5.38. The van der Waals surface area contributed by atoms with Gasteiger partial charge in [0.05, 0.1) is 5.56 Å². The Labute approximate surface area is 159 Å². The smallest absolute Gasteiger partial charge is 0.368 e. The normalized spacial score (nSPS) is 18.1. The molecule has 28 heavy (non-hydrogen) atoms. The zero-order valence-electron chi connectivity index (χ0n) is 15.1. The van der Waals surface area contributed by atoms with Crippen molar-refractivity contribution >= 4 is 17.2 Å². The van der Waals surface area contributed by atoms with Crippen molar-refractivity contribution in [2.75, 3.05) is 36.0 Å². The number of hydrogen-bond acceptors (Lipinski definition) is 5. The first kappa shape index (κ1) is 17.3. The molecule has 0 N–H and O–H groups in total. The predicted octanol–water partition coefficient (Wildman–Crippen LogP) is 3.35. The number of aromatic nitrogens is 4. The SMILES string of the molecule is FC(F)(F)c1ccc(N2CCN(c3ccc4nnc(C5CC5)n4n3)CC2)cc1. The lowest BCUT2D eigenvalue weighted by Gasteiger charge is -2.36. The van der Waals surface area contributed by atoms with Crippen LogP contribution in [-0.2, 0) is 6.18 Å². The van der Waals surface area contributed by atoms with E-state index in [0.29, 0.717) is 5.92 Å². The maximum absolute atomic E-state index is 12.7. The zero-order valence-corrected chi connectivity index (χ0v) is 15.1. The molecule has 1 aliphatic carbocycles. The van der Waals surface area contributed by atoms with E-state index in [2.05, 4.69) is 20.0 Å². The summed E-state index contributed by atoms with van der Waals surface area (Å²) in [6.45, 7) is 2.95. The lowest BCUT2D eigenvalue weighted by Crippen LogP contribution is -2.47. The van der Waals surface area contributed by atoms with Crippen LogP contribution in [0.3, 0.4) is 0 Å². The van der Waals surface area contributed by atoms with Gasteiger partial charge in [0, 0.05) is 37.8 Å². The van der Waals surface area contributed by atoms with Crippen molar-refractivity contribution in [3.05, 3.63) is 47.8 Å². The molecule has 0 spiro atoms. The summed E-state index contributed by atoms with van der Waals surface area (Å²) in [5.74, 6) is 2.27. The molecule has 2 aliphatic rings. The molecule has 1 saturated heterocycles. The zero-order chi connectivity index (χ0) is 19.3. The third-order valence-corrected chi connectivity index (χ3v) is 5.38. The van der Waals surface area contributed by atoms with Gasteiger partial charge in [-0.2, -0.15) is 17.7 Å². The monoisotopic (exact) mass is 388 g/mol. The van der Waals surface area contributed by atoms with Crippen LogP contribution in [0.5, 0.6) is 0 Å². The Bertz CT molecular complexity index is 985. The van der Waals surface area contributed by atoms with Crippen molar-refractivity contribution in [1.82, 2.24) is 19.8 Å². The third kappa shape index (κ3) is 3.14. The number of fused-ring (bicyclic) bond motifs is 1. The highest BCUT2D eigenvalue weighted by atomic mass is 19.4. The molecule has 3 aromatic rings. The van der Waals surface area contributed by atoms with Gasteiger partial charge in [-0.25, -0.2) is 0 Å². The van der Waals surface area contributed by atoms with Crippen molar-refractivity contribution in [3.63, 3.8) is 0 Å². The average Bonchev–Trinajstić information content (AvgIpc) is 3.46. The Morgan fingerprint density at radius 3 is 2.14 bits per heavy atom. The topological polar surface area (TPSA) is 49.6 Å². The van der Waals surface area contributed by atoms with Crippen molar-refractivity contribution in [1.29, 1.82) is 0 Å². The maximum Gasteiger partial charge on any atom is 0.416 e. The number of halogens is 3.